The zero-order valence-electron chi connectivity index (χ0n) is 21.0. The number of piperidine rings is 1. The molecule has 2 aliphatic heterocycles. The van der Waals surface area contributed by atoms with Gasteiger partial charge in [0.05, 0.1) is 16.8 Å². The molecule has 2 N–H and O–H groups in total. The SMILES string of the molecule is C[C@@H]1[C@@](C)(C(=O)N2CCC(F)(F)CC2)SC(N)=N[C@]1(C)c1cc(/C=C(\F)c2ccc(C#N)cn2)cnc1F. The average Bonchev–Trinajstić information content (AvgIpc) is 2.88. The molecule has 0 spiro atoms. The van der Waals surface area contributed by atoms with Gasteiger partial charge in [0.15, 0.2) is 5.17 Å². The van der Waals surface area contributed by atoms with Gasteiger partial charge in [-0.25, -0.2) is 18.2 Å². The molecule has 1 amide bonds. The van der Waals surface area contributed by atoms with Crippen molar-refractivity contribution < 1.29 is 22.4 Å². The summed E-state index contributed by atoms with van der Waals surface area (Å²) >= 11 is 1.02. The predicted octanol–water partition coefficient (Wildman–Crippen LogP) is 4.88. The molecule has 7 nitrogen and oxygen atoms in total. The van der Waals surface area contributed by atoms with E-state index in [2.05, 4.69) is 15.0 Å². The molecule has 0 saturated carbocycles. The number of hydrogen-bond donors (Lipinski definition) is 1. The number of nitriles is 1. The highest BCUT2D eigenvalue weighted by molar-refractivity contribution is 8.15. The number of nitrogens with two attached hydrogens (primary N) is 1. The minimum atomic E-state index is -2.82. The fourth-order valence-corrected chi connectivity index (χ4v) is 6.08. The molecular weight excluding hydrogens is 520 g/mol. The Kier molecular flexibility index (Phi) is 7.27. The topological polar surface area (TPSA) is 108 Å². The fraction of sp³-hybridized carbons (Fsp3) is 0.423. The van der Waals surface area contributed by atoms with E-state index < -0.39 is 46.7 Å². The minimum Gasteiger partial charge on any atom is -0.378 e. The van der Waals surface area contributed by atoms with Crippen LogP contribution < -0.4 is 5.73 Å². The van der Waals surface area contributed by atoms with Crippen LogP contribution >= 0.6 is 11.8 Å². The summed E-state index contributed by atoms with van der Waals surface area (Å²) in [5.74, 6) is -5.43. The van der Waals surface area contributed by atoms with Crippen molar-refractivity contribution in [3.8, 4) is 6.07 Å². The van der Waals surface area contributed by atoms with Gasteiger partial charge in [0, 0.05) is 49.8 Å². The van der Waals surface area contributed by atoms with Crippen molar-refractivity contribution in [1.29, 1.82) is 5.26 Å². The van der Waals surface area contributed by atoms with Crippen LogP contribution in [-0.2, 0) is 10.3 Å². The number of rotatable bonds is 4. The summed E-state index contributed by atoms with van der Waals surface area (Å²) in [4.78, 5) is 27.2. The lowest BCUT2D eigenvalue weighted by Gasteiger charge is -2.48. The maximum Gasteiger partial charge on any atom is 0.251 e. The largest absolute Gasteiger partial charge is 0.378 e. The van der Waals surface area contributed by atoms with Crippen LogP contribution in [-0.4, -0.2) is 49.7 Å². The number of nitrogens with zero attached hydrogens (tertiary/aromatic N) is 5. The number of thioether (sulfide) groups is 1. The van der Waals surface area contributed by atoms with Crippen molar-refractivity contribution in [2.45, 2.75) is 49.8 Å². The van der Waals surface area contributed by atoms with Gasteiger partial charge in [-0.1, -0.05) is 18.7 Å². The molecule has 0 radical (unpaired) electrons. The normalized spacial score (nSPS) is 27.4. The molecule has 38 heavy (non-hydrogen) atoms. The van der Waals surface area contributed by atoms with E-state index in [1.54, 1.807) is 20.8 Å². The number of likely N-dealkylation sites (tertiary alicyclic amines) is 1. The van der Waals surface area contributed by atoms with Gasteiger partial charge in [-0.05, 0) is 43.7 Å². The molecule has 2 aliphatic rings. The number of hydrogen-bond acceptors (Lipinski definition) is 7. The average molecular weight is 547 g/mol. The number of aliphatic imine (C=N–C) groups is 1. The van der Waals surface area contributed by atoms with E-state index in [-0.39, 0.29) is 46.5 Å². The Labute approximate surface area is 221 Å². The van der Waals surface area contributed by atoms with Crippen molar-refractivity contribution in [3.63, 3.8) is 0 Å². The maximum atomic E-state index is 15.2. The standard InChI is InChI=1S/C26H26F4N6OS/c1-15-24(2,35-23(32)38-25(15,3)22(37)36-8-6-26(29,30)7-9-36)18-10-17(14-34-21(18)28)11-19(27)20-5-4-16(12-31)13-33-20/h4-5,10-11,13-15H,6-9H2,1-3H3,(H2,32,35)/b19-11-/t15-,24-,25-/m0/s1. The van der Waals surface area contributed by atoms with E-state index in [4.69, 9.17) is 11.0 Å². The van der Waals surface area contributed by atoms with Gasteiger partial charge in [0.1, 0.15) is 16.6 Å². The Morgan fingerprint density at radius 1 is 1.24 bits per heavy atom. The molecule has 2 aromatic heterocycles. The molecule has 1 fully saturated rings. The third-order valence-corrected chi connectivity index (χ3v) is 8.62. The fourth-order valence-electron chi connectivity index (χ4n) is 4.78. The van der Waals surface area contributed by atoms with Gasteiger partial charge in [-0.15, -0.1) is 0 Å². The first kappa shape index (κ1) is 27.6. The monoisotopic (exact) mass is 546 g/mol. The van der Waals surface area contributed by atoms with Crippen LogP contribution in [0.4, 0.5) is 17.6 Å². The van der Waals surface area contributed by atoms with E-state index in [1.165, 1.54) is 29.3 Å². The highest BCUT2D eigenvalue weighted by Gasteiger charge is 2.55. The Bertz CT molecular complexity index is 1350. The summed E-state index contributed by atoms with van der Waals surface area (Å²) in [5.41, 5.74) is 5.25. The van der Waals surface area contributed by atoms with Gasteiger partial charge < -0.3 is 10.6 Å². The Balaban J connectivity index is 1.68. The minimum absolute atomic E-state index is 0.00629. The number of halogens is 4. The predicted molar refractivity (Wildman–Crippen MR) is 137 cm³/mol. The van der Waals surface area contributed by atoms with Crippen molar-refractivity contribution in [3.05, 3.63) is 58.9 Å². The first-order valence-corrected chi connectivity index (χ1v) is 12.7. The number of pyridine rings is 2. The lowest BCUT2D eigenvalue weighted by molar-refractivity contribution is -0.141. The van der Waals surface area contributed by atoms with Gasteiger partial charge in [-0.2, -0.15) is 9.65 Å². The number of amides is 1. The number of carbonyl (C=O) groups excluding carboxylic acids is 1. The second-order valence-electron chi connectivity index (χ2n) is 9.82. The van der Waals surface area contributed by atoms with E-state index in [1.807, 2.05) is 6.07 Å². The summed E-state index contributed by atoms with van der Waals surface area (Å²) in [7, 11) is 0. The number of aromatic nitrogens is 2. The van der Waals surface area contributed by atoms with Gasteiger partial charge >= 0.3 is 0 Å². The molecule has 0 aromatic carbocycles. The molecule has 0 unspecified atom stereocenters. The van der Waals surface area contributed by atoms with Crippen LogP contribution in [0, 0.1) is 23.2 Å². The highest BCUT2D eigenvalue weighted by atomic mass is 32.2. The van der Waals surface area contributed by atoms with Crippen LogP contribution in [0.3, 0.4) is 0 Å². The van der Waals surface area contributed by atoms with Crippen molar-refractivity contribution in [1.82, 2.24) is 14.9 Å². The van der Waals surface area contributed by atoms with Crippen LogP contribution in [0.1, 0.15) is 56.0 Å². The summed E-state index contributed by atoms with van der Waals surface area (Å²) < 4.78 is 56.2. The summed E-state index contributed by atoms with van der Waals surface area (Å²) in [6.45, 7) is 4.81. The summed E-state index contributed by atoms with van der Waals surface area (Å²) in [5, 5.41) is 8.93. The maximum absolute atomic E-state index is 15.2. The van der Waals surface area contributed by atoms with Gasteiger partial charge in [-0.3, -0.25) is 14.8 Å². The Morgan fingerprint density at radius 3 is 2.53 bits per heavy atom. The van der Waals surface area contributed by atoms with Crippen LogP contribution in [0.25, 0.3) is 11.9 Å². The van der Waals surface area contributed by atoms with E-state index in [0.717, 1.165) is 24.0 Å². The third kappa shape index (κ3) is 5.12. The van der Waals surface area contributed by atoms with Crippen LogP contribution in [0.2, 0.25) is 0 Å². The smallest absolute Gasteiger partial charge is 0.251 e. The zero-order valence-corrected chi connectivity index (χ0v) is 21.8. The molecule has 1 saturated heterocycles. The van der Waals surface area contributed by atoms with Gasteiger partial charge in [0.2, 0.25) is 11.9 Å². The van der Waals surface area contributed by atoms with Crippen LogP contribution in [0.5, 0.6) is 0 Å². The first-order chi connectivity index (χ1) is 17.8. The lowest BCUT2D eigenvalue weighted by atomic mass is 9.73. The van der Waals surface area contributed by atoms with Gasteiger partial charge in [0.25, 0.3) is 5.92 Å². The molecule has 200 valence electrons. The molecule has 4 rings (SSSR count). The second kappa shape index (κ2) is 10.0. The second-order valence-corrected chi connectivity index (χ2v) is 11.3. The number of carbonyl (C=O) groups is 1. The van der Waals surface area contributed by atoms with Crippen LogP contribution in [0.15, 0.2) is 35.6 Å². The van der Waals surface area contributed by atoms with Crippen molar-refractivity contribution in [2.75, 3.05) is 13.1 Å². The van der Waals surface area contributed by atoms with E-state index in [0.29, 0.717) is 0 Å². The molecule has 4 heterocycles. The molecule has 3 atom stereocenters. The molecular formula is C26H26F4N6OS. The summed E-state index contributed by atoms with van der Waals surface area (Å²) in [6, 6.07) is 6.06. The van der Waals surface area contributed by atoms with E-state index in [9.17, 15) is 18.0 Å². The third-order valence-electron chi connectivity index (χ3n) is 7.37. The van der Waals surface area contributed by atoms with E-state index >= 15 is 4.39 Å². The van der Waals surface area contributed by atoms with Crippen molar-refractivity contribution >= 4 is 34.7 Å². The first-order valence-electron chi connectivity index (χ1n) is 11.9. The molecule has 0 aliphatic carbocycles. The lowest BCUT2D eigenvalue weighted by Crippen LogP contribution is -2.58. The molecule has 0 bridgehead atoms. The van der Waals surface area contributed by atoms with Crippen molar-refractivity contribution in [2.24, 2.45) is 16.6 Å². The Morgan fingerprint density at radius 2 is 1.92 bits per heavy atom. The number of alkyl halides is 2. The summed E-state index contributed by atoms with van der Waals surface area (Å²) in [6.07, 6.45) is 2.65. The number of amidine groups is 1. The molecule has 12 heteroatoms. The highest BCUT2D eigenvalue weighted by Crippen LogP contribution is 2.51. The quantitative estimate of drug-likeness (QED) is 0.432. The zero-order chi connectivity index (χ0) is 27.9. The molecule has 2 aromatic rings. The Hall–Kier alpha value is -3.46.